The third kappa shape index (κ3) is 1.83. The predicted octanol–water partition coefficient (Wildman–Crippen LogP) is 0.171. The second kappa shape index (κ2) is 3.89. The minimum Gasteiger partial charge on any atom is -0.312 e. The molecule has 1 saturated heterocycles. The molecule has 1 fully saturated rings. The van der Waals surface area contributed by atoms with Crippen LogP contribution in [0.25, 0.3) is 0 Å². The molecular weight excluding hydrogens is 180 g/mol. The van der Waals surface area contributed by atoms with E-state index in [9.17, 15) is 4.79 Å². The Bertz CT molecular complexity index is 342. The van der Waals surface area contributed by atoms with Gasteiger partial charge in [-0.05, 0) is 12.8 Å². The molecule has 1 aromatic rings. The maximum Gasteiger partial charge on any atom is 0.344 e. The summed E-state index contributed by atoms with van der Waals surface area (Å²) in [5.41, 5.74) is 0.680. The number of nitrogens with two attached hydrogens (primary N) is 1. The van der Waals surface area contributed by atoms with Crippen LogP contribution in [-0.2, 0) is 0 Å². The molecule has 76 valence electrons. The maximum absolute atomic E-state index is 10.8. The van der Waals surface area contributed by atoms with Gasteiger partial charge in [0, 0.05) is 24.5 Å². The van der Waals surface area contributed by atoms with Gasteiger partial charge in [0.05, 0.1) is 6.04 Å². The van der Waals surface area contributed by atoms with Gasteiger partial charge in [0.15, 0.2) is 0 Å². The number of piperidine rings is 1. The van der Waals surface area contributed by atoms with Crippen molar-refractivity contribution in [3.05, 3.63) is 28.4 Å². The minimum atomic E-state index is -0.312. The van der Waals surface area contributed by atoms with Gasteiger partial charge in [0.1, 0.15) is 0 Å². The second-order valence-electron chi connectivity index (χ2n) is 3.60. The normalized spacial score (nSPS) is 23.6. The third-order valence-electron chi connectivity index (χ3n) is 2.62. The number of nitrogens with one attached hydrogen (secondary N) is 1. The van der Waals surface area contributed by atoms with Crippen molar-refractivity contribution in [3.8, 4) is 0 Å². The Morgan fingerprint density at radius 3 is 3.07 bits per heavy atom. The van der Waals surface area contributed by atoms with Crippen molar-refractivity contribution < 1.29 is 0 Å². The molecule has 1 aliphatic heterocycles. The summed E-state index contributed by atoms with van der Waals surface area (Å²) in [4.78, 5) is 17.0. The Morgan fingerprint density at radius 1 is 1.57 bits per heavy atom. The summed E-state index contributed by atoms with van der Waals surface area (Å²) in [6.45, 7) is 0.907. The van der Waals surface area contributed by atoms with Crippen LogP contribution in [0, 0.1) is 0 Å². The van der Waals surface area contributed by atoms with E-state index in [2.05, 4.69) is 9.97 Å². The van der Waals surface area contributed by atoms with Crippen molar-refractivity contribution in [2.45, 2.75) is 25.3 Å². The monoisotopic (exact) mass is 194 g/mol. The van der Waals surface area contributed by atoms with Crippen LogP contribution in [0.2, 0.25) is 0 Å². The molecule has 0 aliphatic carbocycles. The number of H-pyrrole nitrogens is 1. The zero-order valence-corrected chi connectivity index (χ0v) is 7.94. The highest BCUT2D eigenvalue weighted by Gasteiger charge is 2.21. The SMILES string of the molecule is NN1CCCCC1c1cnc(=O)[nH]c1. The second-order valence-corrected chi connectivity index (χ2v) is 3.60. The zero-order valence-electron chi connectivity index (χ0n) is 7.94. The van der Waals surface area contributed by atoms with E-state index in [0.29, 0.717) is 0 Å². The van der Waals surface area contributed by atoms with Crippen LogP contribution in [0.15, 0.2) is 17.2 Å². The molecule has 2 rings (SSSR count). The van der Waals surface area contributed by atoms with Gasteiger partial charge in [-0.3, -0.25) is 5.84 Å². The van der Waals surface area contributed by atoms with Gasteiger partial charge in [-0.1, -0.05) is 6.42 Å². The van der Waals surface area contributed by atoms with Crippen LogP contribution in [0.5, 0.6) is 0 Å². The van der Waals surface area contributed by atoms with Gasteiger partial charge in [0.2, 0.25) is 0 Å². The molecule has 0 aromatic carbocycles. The molecule has 0 spiro atoms. The number of hydrogen-bond donors (Lipinski definition) is 2. The van der Waals surface area contributed by atoms with E-state index in [1.54, 1.807) is 12.4 Å². The molecule has 2 heterocycles. The van der Waals surface area contributed by atoms with Crippen LogP contribution in [0.3, 0.4) is 0 Å². The lowest BCUT2D eigenvalue weighted by atomic mass is 9.99. The highest BCUT2D eigenvalue weighted by molar-refractivity contribution is 5.09. The lowest BCUT2D eigenvalue weighted by Gasteiger charge is -2.31. The molecule has 0 radical (unpaired) electrons. The smallest absolute Gasteiger partial charge is 0.312 e. The van der Waals surface area contributed by atoms with Crippen LogP contribution in [0.1, 0.15) is 30.9 Å². The topological polar surface area (TPSA) is 75.0 Å². The molecule has 5 heteroatoms. The van der Waals surface area contributed by atoms with Gasteiger partial charge >= 0.3 is 5.69 Å². The molecule has 3 N–H and O–H groups in total. The number of aromatic amines is 1. The largest absolute Gasteiger partial charge is 0.344 e. The van der Waals surface area contributed by atoms with Crippen molar-refractivity contribution in [2.24, 2.45) is 5.84 Å². The fourth-order valence-electron chi connectivity index (χ4n) is 1.85. The van der Waals surface area contributed by atoms with Crippen LogP contribution < -0.4 is 11.5 Å². The first-order chi connectivity index (χ1) is 6.77. The first kappa shape index (κ1) is 9.36. The minimum absolute atomic E-state index is 0.202. The van der Waals surface area contributed by atoms with Crippen molar-refractivity contribution >= 4 is 0 Å². The number of hydrazine groups is 1. The van der Waals surface area contributed by atoms with E-state index in [1.165, 1.54) is 6.42 Å². The zero-order chi connectivity index (χ0) is 9.97. The van der Waals surface area contributed by atoms with Crippen molar-refractivity contribution in [1.29, 1.82) is 0 Å². The summed E-state index contributed by atoms with van der Waals surface area (Å²) in [6, 6.07) is 0.202. The fourth-order valence-corrected chi connectivity index (χ4v) is 1.85. The Balaban J connectivity index is 2.20. The van der Waals surface area contributed by atoms with Gasteiger partial charge in [0.25, 0.3) is 0 Å². The van der Waals surface area contributed by atoms with E-state index in [4.69, 9.17) is 5.84 Å². The molecule has 1 aromatic heterocycles. The maximum atomic E-state index is 10.8. The van der Waals surface area contributed by atoms with Crippen molar-refractivity contribution in [3.63, 3.8) is 0 Å². The molecular formula is C9H14N4O. The van der Waals surface area contributed by atoms with Crippen molar-refractivity contribution in [2.75, 3.05) is 6.54 Å². The summed E-state index contributed by atoms with van der Waals surface area (Å²) >= 11 is 0. The number of rotatable bonds is 1. The van der Waals surface area contributed by atoms with Crippen LogP contribution in [-0.4, -0.2) is 21.5 Å². The number of hydrogen-bond acceptors (Lipinski definition) is 4. The molecule has 0 amide bonds. The lowest BCUT2D eigenvalue weighted by molar-refractivity contribution is 0.151. The van der Waals surface area contributed by atoms with Gasteiger partial charge < -0.3 is 4.98 Å². The summed E-state index contributed by atoms with van der Waals surface area (Å²) in [7, 11) is 0. The van der Waals surface area contributed by atoms with E-state index in [0.717, 1.165) is 24.9 Å². The fraction of sp³-hybridized carbons (Fsp3) is 0.556. The highest BCUT2D eigenvalue weighted by Crippen LogP contribution is 2.26. The van der Waals surface area contributed by atoms with Gasteiger partial charge in [-0.15, -0.1) is 0 Å². The highest BCUT2D eigenvalue weighted by atomic mass is 16.1. The molecule has 1 aliphatic rings. The average molecular weight is 194 g/mol. The quantitative estimate of drug-likeness (QED) is 0.625. The van der Waals surface area contributed by atoms with E-state index in [1.807, 2.05) is 5.01 Å². The summed E-state index contributed by atoms with van der Waals surface area (Å²) < 4.78 is 0. The third-order valence-corrected chi connectivity index (χ3v) is 2.62. The number of aromatic nitrogens is 2. The van der Waals surface area contributed by atoms with E-state index in [-0.39, 0.29) is 11.7 Å². The summed E-state index contributed by atoms with van der Waals surface area (Å²) in [5, 5.41) is 1.82. The molecule has 0 saturated carbocycles. The Labute approximate surface area is 81.9 Å². The molecule has 14 heavy (non-hydrogen) atoms. The van der Waals surface area contributed by atoms with E-state index < -0.39 is 0 Å². The summed E-state index contributed by atoms with van der Waals surface area (Å²) in [5.74, 6) is 5.86. The van der Waals surface area contributed by atoms with Crippen molar-refractivity contribution in [1.82, 2.24) is 15.0 Å². The van der Waals surface area contributed by atoms with Gasteiger partial charge in [-0.2, -0.15) is 0 Å². The molecule has 1 atom stereocenters. The molecule has 0 bridgehead atoms. The Hall–Kier alpha value is -1.20. The Kier molecular flexibility index (Phi) is 2.60. The molecule has 1 unspecified atom stereocenters. The van der Waals surface area contributed by atoms with Crippen LogP contribution >= 0.6 is 0 Å². The first-order valence-corrected chi connectivity index (χ1v) is 4.83. The average Bonchev–Trinajstić information content (AvgIpc) is 2.20. The summed E-state index contributed by atoms with van der Waals surface area (Å²) in [6.07, 6.45) is 6.66. The predicted molar refractivity (Wildman–Crippen MR) is 52.3 cm³/mol. The number of nitrogens with zero attached hydrogens (tertiary/aromatic N) is 2. The van der Waals surface area contributed by atoms with E-state index >= 15 is 0 Å². The molecule has 5 nitrogen and oxygen atoms in total. The lowest BCUT2D eigenvalue weighted by Crippen LogP contribution is -2.39. The Morgan fingerprint density at radius 2 is 2.43 bits per heavy atom. The standard InChI is InChI=1S/C9H14N4O/c10-13-4-2-1-3-8(13)7-5-11-9(14)12-6-7/h5-6,8H,1-4,10H2,(H,11,12,14). The van der Waals surface area contributed by atoms with Crippen LogP contribution in [0.4, 0.5) is 0 Å². The van der Waals surface area contributed by atoms with Gasteiger partial charge in [-0.25, -0.2) is 14.8 Å². The first-order valence-electron chi connectivity index (χ1n) is 4.83.